The van der Waals surface area contributed by atoms with Gasteiger partial charge in [-0.1, -0.05) is 45.7 Å². The summed E-state index contributed by atoms with van der Waals surface area (Å²) in [6.45, 7) is 10.7. The molecule has 1 aliphatic rings. The maximum absolute atomic E-state index is 6.10. The van der Waals surface area contributed by atoms with E-state index in [1.54, 1.807) is 11.3 Å². The number of nitrogens with one attached hydrogen (secondary N) is 1. The minimum absolute atomic E-state index is 0.333. The van der Waals surface area contributed by atoms with E-state index in [1.807, 2.05) is 6.07 Å². The number of rotatable bonds is 6. The average Bonchev–Trinajstić information content (AvgIpc) is 2.80. The molecule has 3 atom stereocenters. The van der Waals surface area contributed by atoms with E-state index < -0.39 is 0 Å². The summed E-state index contributed by atoms with van der Waals surface area (Å²) in [6.07, 6.45) is 6.43. The van der Waals surface area contributed by atoms with Gasteiger partial charge in [-0.05, 0) is 61.6 Å². The molecule has 21 heavy (non-hydrogen) atoms. The summed E-state index contributed by atoms with van der Waals surface area (Å²) < 4.78 is 0.915. The fourth-order valence-corrected chi connectivity index (χ4v) is 5.23. The topological polar surface area (TPSA) is 12.0 Å². The van der Waals surface area contributed by atoms with Gasteiger partial charge >= 0.3 is 0 Å². The first-order valence-corrected chi connectivity index (χ1v) is 9.59. The van der Waals surface area contributed by atoms with Gasteiger partial charge in [-0.2, -0.15) is 0 Å². The average molecular weight is 328 g/mol. The van der Waals surface area contributed by atoms with Crippen molar-refractivity contribution in [3.63, 3.8) is 0 Å². The molecule has 0 radical (unpaired) electrons. The maximum atomic E-state index is 6.10. The summed E-state index contributed by atoms with van der Waals surface area (Å²) >= 11 is 7.84. The summed E-state index contributed by atoms with van der Waals surface area (Å²) in [5.41, 5.74) is 0.333. The second-order valence-corrected chi connectivity index (χ2v) is 9.26. The Morgan fingerprint density at radius 2 is 2.10 bits per heavy atom. The highest BCUT2D eigenvalue weighted by Crippen LogP contribution is 2.43. The predicted molar refractivity (Wildman–Crippen MR) is 95.4 cm³/mol. The Kier molecular flexibility index (Phi) is 6.16. The van der Waals surface area contributed by atoms with Crippen molar-refractivity contribution in [3.8, 4) is 0 Å². The zero-order valence-electron chi connectivity index (χ0n) is 13.9. The van der Waals surface area contributed by atoms with Gasteiger partial charge in [-0.25, -0.2) is 0 Å². The number of thiophene rings is 1. The van der Waals surface area contributed by atoms with E-state index in [2.05, 4.69) is 39.1 Å². The molecule has 1 heterocycles. The van der Waals surface area contributed by atoms with Crippen molar-refractivity contribution >= 4 is 22.9 Å². The van der Waals surface area contributed by atoms with Crippen LogP contribution < -0.4 is 5.32 Å². The third-order valence-electron chi connectivity index (χ3n) is 5.03. The molecule has 1 N–H and O–H groups in total. The van der Waals surface area contributed by atoms with E-state index in [4.69, 9.17) is 11.6 Å². The highest BCUT2D eigenvalue weighted by atomic mass is 35.5. The molecule has 3 heteroatoms. The van der Waals surface area contributed by atoms with Crippen molar-refractivity contribution in [1.82, 2.24) is 5.32 Å². The Balaban J connectivity index is 2.07. The molecule has 3 unspecified atom stereocenters. The van der Waals surface area contributed by atoms with Gasteiger partial charge in [0.1, 0.15) is 0 Å². The van der Waals surface area contributed by atoms with Crippen LogP contribution in [-0.4, -0.2) is 12.6 Å². The van der Waals surface area contributed by atoms with Gasteiger partial charge in [-0.3, -0.25) is 0 Å². The smallest absolute Gasteiger partial charge is 0.0931 e. The van der Waals surface area contributed by atoms with Gasteiger partial charge in [0.05, 0.1) is 4.34 Å². The Hall–Kier alpha value is -0.0500. The Labute approximate surface area is 139 Å². The summed E-state index contributed by atoms with van der Waals surface area (Å²) in [7, 11) is 0. The lowest BCUT2D eigenvalue weighted by atomic mass is 9.65. The SMILES string of the molecule is CCCNC1CC(C)CCC1C(C)(C)Cc1ccc(Cl)s1. The lowest BCUT2D eigenvalue weighted by Gasteiger charge is -2.44. The highest BCUT2D eigenvalue weighted by molar-refractivity contribution is 7.16. The third kappa shape index (κ3) is 4.71. The molecule has 1 nitrogen and oxygen atoms in total. The molecule has 0 amide bonds. The first-order valence-electron chi connectivity index (χ1n) is 8.40. The predicted octanol–water partition coefficient (Wildman–Crippen LogP) is 5.77. The van der Waals surface area contributed by atoms with Crippen LogP contribution in [0.5, 0.6) is 0 Å². The summed E-state index contributed by atoms with van der Waals surface area (Å²) in [4.78, 5) is 1.43. The standard InChI is InChI=1S/C18H30ClNS/c1-5-10-20-16-11-13(2)6-8-15(16)18(3,4)12-14-7-9-17(19)21-14/h7,9,13,15-16,20H,5-6,8,10-12H2,1-4H3. The second-order valence-electron chi connectivity index (χ2n) is 7.46. The van der Waals surface area contributed by atoms with Gasteiger partial charge in [0, 0.05) is 10.9 Å². The zero-order valence-corrected chi connectivity index (χ0v) is 15.5. The molecule has 1 aromatic rings. The first-order chi connectivity index (χ1) is 9.92. The van der Waals surface area contributed by atoms with Gasteiger partial charge in [0.2, 0.25) is 0 Å². The maximum Gasteiger partial charge on any atom is 0.0931 e. The van der Waals surface area contributed by atoms with E-state index in [9.17, 15) is 0 Å². The molecule has 1 aromatic heterocycles. The first kappa shape index (κ1) is 17.3. The Morgan fingerprint density at radius 1 is 1.33 bits per heavy atom. The molecule has 1 fully saturated rings. The van der Waals surface area contributed by atoms with Crippen molar-refractivity contribution in [2.75, 3.05) is 6.54 Å². The molecule has 0 aliphatic heterocycles. The van der Waals surface area contributed by atoms with Crippen molar-refractivity contribution in [3.05, 3.63) is 21.3 Å². The normalized spacial score (nSPS) is 27.0. The van der Waals surface area contributed by atoms with E-state index in [-0.39, 0.29) is 0 Å². The molecular weight excluding hydrogens is 298 g/mol. The van der Waals surface area contributed by atoms with Crippen LogP contribution >= 0.6 is 22.9 Å². The van der Waals surface area contributed by atoms with E-state index >= 15 is 0 Å². The van der Waals surface area contributed by atoms with E-state index in [0.717, 1.165) is 29.1 Å². The van der Waals surface area contributed by atoms with Crippen molar-refractivity contribution < 1.29 is 0 Å². The van der Waals surface area contributed by atoms with Crippen LogP contribution in [-0.2, 0) is 6.42 Å². The minimum Gasteiger partial charge on any atom is -0.314 e. The molecule has 0 aromatic carbocycles. The van der Waals surface area contributed by atoms with Crippen molar-refractivity contribution in [2.45, 2.75) is 65.8 Å². The van der Waals surface area contributed by atoms with Crippen LogP contribution in [0, 0.1) is 17.3 Å². The van der Waals surface area contributed by atoms with Crippen LogP contribution in [0.3, 0.4) is 0 Å². The fraction of sp³-hybridized carbons (Fsp3) is 0.778. The molecule has 0 spiro atoms. The van der Waals surface area contributed by atoms with Gasteiger partial charge in [0.25, 0.3) is 0 Å². The van der Waals surface area contributed by atoms with Crippen LogP contribution in [0.4, 0.5) is 0 Å². The van der Waals surface area contributed by atoms with Crippen LogP contribution in [0.15, 0.2) is 12.1 Å². The molecule has 0 saturated heterocycles. The van der Waals surface area contributed by atoms with Crippen molar-refractivity contribution in [1.29, 1.82) is 0 Å². The molecule has 120 valence electrons. The molecule has 0 bridgehead atoms. The fourth-order valence-electron chi connectivity index (χ4n) is 3.90. The van der Waals surface area contributed by atoms with Gasteiger partial charge < -0.3 is 5.32 Å². The summed E-state index contributed by atoms with van der Waals surface area (Å²) in [5.74, 6) is 1.63. The molecule has 1 aliphatic carbocycles. The third-order valence-corrected chi connectivity index (χ3v) is 6.26. The number of halogens is 1. The van der Waals surface area contributed by atoms with Crippen LogP contribution in [0.1, 0.15) is 58.3 Å². The van der Waals surface area contributed by atoms with Gasteiger partial charge in [0.15, 0.2) is 0 Å². The molecular formula is C18H30ClNS. The van der Waals surface area contributed by atoms with E-state index in [1.165, 1.54) is 30.6 Å². The van der Waals surface area contributed by atoms with Gasteiger partial charge in [-0.15, -0.1) is 11.3 Å². The summed E-state index contributed by atoms with van der Waals surface area (Å²) in [5, 5.41) is 3.83. The summed E-state index contributed by atoms with van der Waals surface area (Å²) in [6, 6.07) is 4.92. The quantitative estimate of drug-likeness (QED) is 0.698. The largest absolute Gasteiger partial charge is 0.314 e. The highest BCUT2D eigenvalue weighted by Gasteiger charge is 2.38. The zero-order chi connectivity index (χ0) is 15.5. The van der Waals surface area contributed by atoms with Crippen LogP contribution in [0.25, 0.3) is 0 Å². The van der Waals surface area contributed by atoms with Crippen LogP contribution in [0.2, 0.25) is 4.34 Å². The number of hydrogen-bond donors (Lipinski definition) is 1. The van der Waals surface area contributed by atoms with E-state index in [0.29, 0.717) is 11.5 Å². The monoisotopic (exact) mass is 327 g/mol. The van der Waals surface area contributed by atoms with Crippen molar-refractivity contribution in [2.24, 2.45) is 17.3 Å². The lowest BCUT2D eigenvalue weighted by molar-refractivity contribution is 0.0947. The Morgan fingerprint density at radius 3 is 2.71 bits per heavy atom. The second kappa shape index (κ2) is 7.48. The lowest BCUT2D eigenvalue weighted by Crippen LogP contribution is -2.47. The minimum atomic E-state index is 0.333. The molecule has 2 rings (SSSR count). The molecule has 1 saturated carbocycles. The number of hydrogen-bond acceptors (Lipinski definition) is 2. The Bertz CT molecular complexity index is 440.